The molecule has 5 nitrogen and oxygen atoms in total. The Morgan fingerprint density at radius 3 is 3.06 bits per heavy atom. The van der Waals surface area contributed by atoms with E-state index in [1.54, 1.807) is 25.5 Å². The van der Waals surface area contributed by atoms with Crippen LogP contribution >= 0.6 is 0 Å². The summed E-state index contributed by atoms with van der Waals surface area (Å²) in [6.45, 7) is 3.94. The van der Waals surface area contributed by atoms with E-state index in [0.29, 0.717) is 12.5 Å². The molecule has 1 amide bonds. The highest BCUT2D eigenvalue weighted by Crippen LogP contribution is 2.25. The molecule has 0 fully saturated rings. The quantitative estimate of drug-likeness (QED) is 0.789. The molecule has 0 saturated heterocycles. The standard InChI is InChI=1S/C12H14N2O3/c1-3-16-12(15)14-7-5-4-6-10(14)11-13-9(2)8-17-11/h4-8,10H,3H2,1-2H3. The molecule has 1 aromatic rings. The number of allylic oxidation sites excluding steroid dienone is 2. The van der Waals surface area contributed by atoms with Crippen molar-refractivity contribution in [2.75, 3.05) is 6.61 Å². The Kier molecular flexibility index (Phi) is 3.27. The molecule has 0 radical (unpaired) electrons. The van der Waals surface area contributed by atoms with E-state index in [2.05, 4.69) is 4.98 Å². The van der Waals surface area contributed by atoms with E-state index >= 15 is 0 Å². The largest absolute Gasteiger partial charge is 0.449 e. The van der Waals surface area contributed by atoms with Crippen molar-refractivity contribution in [2.24, 2.45) is 0 Å². The minimum Gasteiger partial charge on any atom is -0.449 e. The first-order chi connectivity index (χ1) is 8.22. The van der Waals surface area contributed by atoms with Crippen molar-refractivity contribution in [3.05, 3.63) is 42.3 Å². The van der Waals surface area contributed by atoms with E-state index in [1.165, 1.54) is 4.90 Å². The Balaban J connectivity index is 2.22. The fraction of sp³-hybridized carbons (Fsp3) is 0.333. The molecule has 2 heterocycles. The van der Waals surface area contributed by atoms with Crippen LogP contribution in [-0.2, 0) is 4.74 Å². The molecule has 1 unspecified atom stereocenters. The summed E-state index contributed by atoms with van der Waals surface area (Å²) in [5.41, 5.74) is 0.784. The number of oxazole rings is 1. The Morgan fingerprint density at radius 2 is 2.41 bits per heavy atom. The number of hydrogen-bond acceptors (Lipinski definition) is 4. The molecule has 0 saturated carbocycles. The van der Waals surface area contributed by atoms with E-state index in [9.17, 15) is 4.79 Å². The minimum absolute atomic E-state index is 0.338. The van der Waals surface area contributed by atoms with Gasteiger partial charge in [0, 0.05) is 6.20 Å². The molecule has 5 heteroatoms. The second-order valence-corrected chi connectivity index (χ2v) is 3.60. The third-order valence-electron chi connectivity index (χ3n) is 2.32. The van der Waals surface area contributed by atoms with Crippen LogP contribution in [0.15, 0.2) is 35.1 Å². The summed E-state index contributed by atoms with van der Waals surface area (Å²) in [6, 6.07) is -0.340. The lowest BCUT2D eigenvalue weighted by Gasteiger charge is -2.25. The molecule has 0 N–H and O–H groups in total. The van der Waals surface area contributed by atoms with Gasteiger partial charge in [-0.15, -0.1) is 0 Å². The van der Waals surface area contributed by atoms with Gasteiger partial charge in [0.15, 0.2) is 0 Å². The van der Waals surface area contributed by atoms with E-state index < -0.39 is 6.09 Å². The van der Waals surface area contributed by atoms with Crippen LogP contribution in [0.25, 0.3) is 0 Å². The normalized spacial score (nSPS) is 18.5. The van der Waals surface area contributed by atoms with Gasteiger partial charge < -0.3 is 9.15 Å². The van der Waals surface area contributed by atoms with Gasteiger partial charge in [-0.3, -0.25) is 4.90 Å². The maximum Gasteiger partial charge on any atom is 0.414 e. The van der Waals surface area contributed by atoms with E-state index in [1.807, 2.05) is 19.1 Å². The van der Waals surface area contributed by atoms with Crippen molar-refractivity contribution in [3.63, 3.8) is 0 Å². The molecular weight excluding hydrogens is 220 g/mol. The summed E-state index contributed by atoms with van der Waals surface area (Å²) in [5.74, 6) is 0.483. The van der Waals surface area contributed by atoms with Crippen LogP contribution in [0.4, 0.5) is 4.79 Å². The summed E-state index contributed by atoms with van der Waals surface area (Å²) in [5, 5.41) is 0. The first-order valence-electron chi connectivity index (χ1n) is 5.44. The van der Waals surface area contributed by atoms with E-state index in [0.717, 1.165) is 5.69 Å². The van der Waals surface area contributed by atoms with Gasteiger partial charge in [-0.05, 0) is 19.9 Å². The smallest absolute Gasteiger partial charge is 0.414 e. The second-order valence-electron chi connectivity index (χ2n) is 3.60. The Bertz CT molecular complexity index is 462. The second kappa shape index (κ2) is 4.86. The van der Waals surface area contributed by atoms with Gasteiger partial charge >= 0.3 is 6.09 Å². The van der Waals surface area contributed by atoms with Crippen molar-refractivity contribution < 1.29 is 13.9 Å². The summed E-state index contributed by atoms with van der Waals surface area (Å²) < 4.78 is 10.3. The lowest BCUT2D eigenvalue weighted by atomic mass is 10.2. The van der Waals surface area contributed by atoms with Crippen molar-refractivity contribution in [2.45, 2.75) is 19.9 Å². The summed E-state index contributed by atoms with van der Waals surface area (Å²) in [6.07, 6.45) is 8.26. The number of nitrogens with zero attached hydrogens (tertiary/aromatic N) is 2. The fourth-order valence-electron chi connectivity index (χ4n) is 1.58. The SMILES string of the molecule is CCOC(=O)N1C=CC=CC1c1nc(C)co1. The summed E-state index contributed by atoms with van der Waals surface area (Å²) in [4.78, 5) is 17.4. The molecule has 2 rings (SSSR count). The highest BCUT2D eigenvalue weighted by molar-refractivity contribution is 5.70. The molecule has 0 spiro atoms. The number of aryl methyl sites for hydroxylation is 1. The molecule has 0 aliphatic carbocycles. The van der Waals surface area contributed by atoms with Crippen LogP contribution in [0.2, 0.25) is 0 Å². The highest BCUT2D eigenvalue weighted by atomic mass is 16.6. The van der Waals surface area contributed by atoms with Crippen molar-refractivity contribution in [3.8, 4) is 0 Å². The summed E-state index contributed by atoms with van der Waals surface area (Å²) >= 11 is 0. The number of carbonyl (C=O) groups is 1. The first kappa shape index (κ1) is 11.4. The molecule has 0 aromatic carbocycles. The fourth-order valence-corrected chi connectivity index (χ4v) is 1.58. The molecule has 90 valence electrons. The lowest BCUT2D eigenvalue weighted by Crippen LogP contribution is -2.31. The highest BCUT2D eigenvalue weighted by Gasteiger charge is 2.27. The predicted molar refractivity (Wildman–Crippen MR) is 61.1 cm³/mol. The number of amides is 1. The third kappa shape index (κ3) is 2.38. The number of hydrogen-bond donors (Lipinski definition) is 0. The van der Waals surface area contributed by atoms with E-state index in [4.69, 9.17) is 9.15 Å². The van der Waals surface area contributed by atoms with Gasteiger partial charge in [0.05, 0.1) is 12.3 Å². The van der Waals surface area contributed by atoms with Gasteiger partial charge in [0.2, 0.25) is 5.89 Å². The Morgan fingerprint density at radius 1 is 1.59 bits per heavy atom. The lowest BCUT2D eigenvalue weighted by molar-refractivity contribution is 0.111. The van der Waals surface area contributed by atoms with Gasteiger partial charge in [-0.2, -0.15) is 0 Å². The Hall–Kier alpha value is -2.04. The van der Waals surface area contributed by atoms with Crippen molar-refractivity contribution >= 4 is 6.09 Å². The number of ether oxygens (including phenoxy) is 1. The number of carbonyl (C=O) groups excluding carboxylic acids is 1. The molecule has 17 heavy (non-hydrogen) atoms. The summed E-state index contributed by atoms with van der Waals surface area (Å²) in [7, 11) is 0. The van der Waals surface area contributed by atoms with Gasteiger partial charge in [0.1, 0.15) is 12.3 Å². The zero-order valence-corrected chi connectivity index (χ0v) is 9.79. The molecule has 1 atom stereocenters. The molecule has 1 aliphatic heterocycles. The monoisotopic (exact) mass is 234 g/mol. The third-order valence-corrected chi connectivity index (χ3v) is 2.32. The van der Waals surface area contributed by atoms with Crippen LogP contribution in [-0.4, -0.2) is 22.6 Å². The zero-order chi connectivity index (χ0) is 12.3. The molecular formula is C12H14N2O3. The van der Waals surface area contributed by atoms with Crippen LogP contribution in [0.1, 0.15) is 24.6 Å². The average molecular weight is 234 g/mol. The van der Waals surface area contributed by atoms with Crippen LogP contribution in [0, 0.1) is 6.92 Å². The average Bonchev–Trinajstić information content (AvgIpc) is 2.76. The Labute approximate surface area is 99.4 Å². The zero-order valence-electron chi connectivity index (χ0n) is 9.79. The number of aromatic nitrogens is 1. The molecule has 1 aromatic heterocycles. The van der Waals surface area contributed by atoms with Crippen LogP contribution in [0.5, 0.6) is 0 Å². The predicted octanol–water partition coefficient (Wildman–Crippen LogP) is 2.57. The minimum atomic E-state index is -0.408. The van der Waals surface area contributed by atoms with Gasteiger partial charge in [-0.25, -0.2) is 9.78 Å². The van der Waals surface area contributed by atoms with Crippen LogP contribution < -0.4 is 0 Å². The maximum absolute atomic E-state index is 11.7. The maximum atomic E-state index is 11.7. The molecule has 1 aliphatic rings. The first-order valence-corrected chi connectivity index (χ1v) is 5.44. The topological polar surface area (TPSA) is 55.6 Å². The van der Waals surface area contributed by atoms with Crippen LogP contribution in [0.3, 0.4) is 0 Å². The number of rotatable bonds is 2. The van der Waals surface area contributed by atoms with Crippen molar-refractivity contribution in [1.29, 1.82) is 0 Å². The molecule has 0 bridgehead atoms. The van der Waals surface area contributed by atoms with Gasteiger partial charge in [-0.1, -0.05) is 12.2 Å². The van der Waals surface area contributed by atoms with E-state index in [-0.39, 0.29) is 6.04 Å². The van der Waals surface area contributed by atoms with Gasteiger partial charge in [0.25, 0.3) is 0 Å². The van der Waals surface area contributed by atoms with Crippen molar-refractivity contribution in [1.82, 2.24) is 9.88 Å².